The van der Waals surface area contributed by atoms with Gasteiger partial charge in [0.15, 0.2) is 0 Å². The van der Waals surface area contributed by atoms with E-state index in [1.54, 1.807) is 25.1 Å². The maximum Gasteiger partial charge on any atom is 0.126 e. The molecule has 0 heterocycles. The molecule has 1 rings (SSSR count). The van der Waals surface area contributed by atoms with Gasteiger partial charge in [0.25, 0.3) is 0 Å². The van der Waals surface area contributed by atoms with Gasteiger partial charge in [-0.2, -0.15) is 0 Å². The first-order chi connectivity index (χ1) is 7.29. The number of halogens is 2. The van der Waals surface area contributed by atoms with Gasteiger partial charge in [-0.15, -0.1) is 0 Å². The Balaban J connectivity index is 2.71. The van der Waals surface area contributed by atoms with Crippen LogP contribution in [-0.4, -0.2) is 26.6 Å². The molecule has 1 aromatic carbocycles. The first kappa shape index (κ1) is 11.8. The summed E-state index contributed by atoms with van der Waals surface area (Å²) in [5.41, 5.74) is 0.763. The van der Waals surface area contributed by atoms with Crippen LogP contribution in [-0.2, 0) is 0 Å². The van der Waals surface area contributed by atoms with Crippen molar-refractivity contribution in [3.8, 4) is 11.5 Å². The predicted octanol–water partition coefficient (Wildman–Crippen LogP) is 2.69. The van der Waals surface area contributed by atoms with E-state index in [-0.39, 0.29) is 13.2 Å². The fourth-order valence-corrected chi connectivity index (χ4v) is 1.20. The minimum Gasteiger partial charge on any atom is -0.490 e. The van der Waals surface area contributed by atoms with Crippen molar-refractivity contribution < 1.29 is 18.3 Å². The van der Waals surface area contributed by atoms with Crippen molar-refractivity contribution in [1.29, 1.82) is 0 Å². The first-order valence-electron chi connectivity index (χ1n) is 4.76. The van der Waals surface area contributed by atoms with Gasteiger partial charge in [-0.1, -0.05) is 6.07 Å². The topological polar surface area (TPSA) is 18.5 Å². The van der Waals surface area contributed by atoms with Crippen molar-refractivity contribution in [2.75, 3.05) is 26.6 Å². The van der Waals surface area contributed by atoms with Crippen LogP contribution in [0.2, 0.25) is 0 Å². The molecule has 0 radical (unpaired) electrons. The average molecular weight is 216 g/mol. The molecule has 2 nitrogen and oxygen atoms in total. The Hall–Kier alpha value is -1.32. The minimum atomic E-state index is -0.533. The molecule has 0 aliphatic heterocycles. The number of hydrogen-bond donors (Lipinski definition) is 0. The molecular weight excluding hydrogens is 202 g/mol. The summed E-state index contributed by atoms with van der Waals surface area (Å²) in [5, 5.41) is 0. The van der Waals surface area contributed by atoms with Crippen molar-refractivity contribution >= 4 is 0 Å². The Morgan fingerprint density at radius 1 is 1.00 bits per heavy atom. The lowest BCUT2D eigenvalue weighted by Gasteiger charge is -2.11. The highest BCUT2D eigenvalue weighted by atomic mass is 19.1. The quantitative estimate of drug-likeness (QED) is 0.727. The molecule has 15 heavy (non-hydrogen) atoms. The van der Waals surface area contributed by atoms with Crippen molar-refractivity contribution in [3.63, 3.8) is 0 Å². The van der Waals surface area contributed by atoms with Gasteiger partial charge in [-0.25, -0.2) is 8.78 Å². The van der Waals surface area contributed by atoms with Crippen LogP contribution >= 0.6 is 0 Å². The van der Waals surface area contributed by atoms with Crippen LogP contribution in [0.5, 0.6) is 11.5 Å². The lowest BCUT2D eigenvalue weighted by atomic mass is 10.2. The van der Waals surface area contributed by atoms with Gasteiger partial charge in [0.05, 0.1) is 0 Å². The third kappa shape index (κ3) is 3.38. The molecule has 0 aliphatic rings. The summed E-state index contributed by atoms with van der Waals surface area (Å²) >= 11 is 0. The third-order valence-corrected chi connectivity index (χ3v) is 1.90. The normalized spacial score (nSPS) is 10.1. The highest BCUT2D eigenvalue weighted by Crippen LogP contribution is 2.27. The molecular formula is C11H14F2O2. The van der Waals surface area contributed by atoms with Crippen LogP contribution in [0.3, 0.4) is 0 Å². The zero-order chi connectivity index (χ0) is 11.1. The fraction of sp³-hybridized carbons (Fsp3) is 0.455. The van der Waals surface area contributed by atoms with E-state index in [9.17, 15) is 8.78 Å². The van der Waals surface area contributed by atoms with Crippen LogP contribution in [0.15, 0.2) is 18.2 Å². The molecule has 84 valence electrons. The second kappa shape index (κ2) is 6.22. The Bertz CT molecular complexity index is 276. The SMILES string of the molecule is Cc1c(OCCF)cccc1OCCF. The van der Waals surface area contributed by atoms with E-state index in [0.29, 0.717) is 11.5 Å². The summed E-state index contributed by atoms with van der Waals surface area (Å²) < 4.78 is 34.1. The van der Waals surface area contributed by atoms with Crippen LogP contribution in [0, 0.1) is 6.92 Å². The largest absolute Gasteiger partial charge is 0.490 e. The van der Waals surface area contributed by atoms with Gasteiger partial charge in [0.2, 0.25) is 0 Å². The molecule has 0 atom stereocenters. The number of alkyl halides is 2. The summed E-state index contributed by atoms with van der Waals surface area (Å²) in [6, 6.07) is 5.19. The lowest BCUT2D eigenvalue weighted by Crippen LogP contribution is -2.03. The standard InChI is InChI=1S/C11H14F2O2/c1-9-10(14-7-5-12)3-2-4-11(9)15-8-6-13/h2-4H,5-8H2,1H3. The molecule has 0 amide bonds. The molecule has 0 aromatic heterocycles. The van der Waals surface area contributed by atoms with Crippen molar-refractivity contribution in [1.82, 2.24) is 0 Å². The van der Waals surface area contributed by atoms with Crippen LogP contribution in [0.1, 0.15) is 5.56 Å². The molecule has 1 aromatic rings. The Morgan fingerprint density at radius 3 is 1.87 bits per heavy atom. The molecule has 0 N–H and O–H groups in total. The van der Waals surface area contributed by atoms with Crippen LogP contribution in [0.25, 0.3) is 0 Å². The monoisotopic (exact) mass is 216 g/mol. The number of hydrogen-bond acceptors (Lipinski definition) is 2. The molecule has 0 bridgehead atoms. The Morgan fingerprint density at radius 2 is 1.47 bits per heavy atom. The maximum atomic E-state index is 11.9. The maximum absolute atomic E-state index is 11.9. The zero-order valence-electron chi connectivity index (χ0n) is 8.63. The summed E-state index contributed by atoms with van der Waals surface area (Å²) in [6.45, 7) is 0.770. The molecule has 0 saturated carbocycles. The van der Waals surface area contributed by atoms with Gasteiger partial charge in [-0.05, 0) is 19.1 Å². The Kier molecular flexibility index (Phi) is 4.87. The van der Waals surface area contributed by atoms with Crippen LogP contribution in [0.4, 0.5) is 8.78 Å². The average Bonchev–Trinajstić information content (AvgIpc) is 2.26. The summed E-state index contributed by atoms with van der Waals surface area (Å²) in [6.07, 6.45) is 0. The second-order valence-electron chi connectivity index (χ2n) is 2.95. The van der Waals surface area contributed by atoms with Gasteiger partial charge in [-0.3, -0.25) is 0 Å². The highest BCUT2D eigenvalue weighted by molar-refractivity contribution is 5.43. The first-order valence-corrected chi connectivity index (χ1v) is 4.76. The summed E-state index contributed by atoms with van der Waals surface area (Å²) in [4.78, 5) is 0. The van der Waals surface area contributed by atoms with E-state index >= 15 is 0 Å². The smallest absolute Gasteiger partial charge is 0.126 e. The van der Waals surface area contributed by atoms with E-state index in [1.165, 1.54) is 0 Å². The molecule has 4 heteroatoms. The van der Waals surface area contributed by atoms with Gasteiger partial charge < -0.3 is 9.47 Å². The van der Waals surface area contributed by atoms with E-state index in [1.807, 2.05) is 0 Å². The molecule has 0 fully saturated rings. The predicted molar refractivity (Wildman–Crippen MR) is 54.1 cm³/mol. The van der Waals surface area contributed by atoms with Gasteiger partial charge in [0.1, 0.15) is 38.1 Å². The van der Waals surface area contributed by atoms with E-state index in [2.05, 4.69) is 0 Å². The zero-order valence-corrected chi connectivity index (χ0v) is 8.63. The van der Waals surface area contributed by atoms with E-state index in [0.717, 1.165) is 5.56 Å². The molecule has 0 saturated heterocycles. The fourth-order valence-electron chi connectivity index (χ4n) is 1.20. The van der Waals surface area contributed by atoms with Crippen LogP contribution < -0.4 is 9.47 Å². The number of benzene rings is 1. The van der Waals surface area contributed by atoms with E-state index in [4.69, 9.17) is 9.47 Å². The van der Waals surface area contributed by atoms with Gasteiger partial charge in [0, 0.05) is 5.56 Å². The number of ether oxygens (including phenoxy) is 2. The van der Waals surface area contributed by atoms with E-state index < -0.39 is 13.3 Å². The lowest BCUT2D eigenvalue weighted by molar-refractivity contribution is 0.258. The molecule has 0 unspecified atom stereocenters. The molecule has 0 aliphatic carbocycles. The van der Waals surface area contributed by atoms with Crippen molar-refractivity contribution in [2.45, 2.75) is 6.92 Å². The summed E-state index contributed by atoms with van der Waals surface area (Å²) in [5.74, 6) is 1.15. The highest BCUT2D eigenvalue weighted by Gasteiger charge is 2.05. The Labute approximate surface area is 87.8 Å². The summed E-state index contributed by atoms with van der Waals surface area (Å²) in [7, 11) is 0. The third-order valence-electron chi connectivity index (χ3n) is 1.90. The minimum absolute atomic E-state index is 0.0212. The molecule has 0 spiro atoms. The van der Waals surface area contributed by atoms with Crippen molar-refractivity contribution in [2.24, 2.45) is 0 Å². The van der Waals surface area contributed by atoms with Gasteiger partial charge >= 0.3 is 0 Å². The second-order valence-corrected chi connectivity index (χ2v) is 2.95. The van der Waals surface area contributed by atoms with Crippen molar-refractivity contribution in [3.05, 3.63) is 23.8 Å². The number of rotatable bonds is 6.